The minimum absolute atomic E-state index is 0. The van der Waals surface area contributed by atoms with Crippen molar-refractivity contribution in [3.8, 4) is 5.75 Å². The van der Waals surface area contributed by atoms with E-state index >= 15 is 0 Å². The van der Waals surface area contributed by atoms with E-state index in [-0.39, 0.29) is 30.5 Å². The van der Waals surface area contributed by atoms with Crippen LogP contribution in [-0.4, -0.2) is 26.2 Å². The summed E-state index contributed by atoms with van der Waals surface area (Å²) in [5.41, 5.74) is 2.34. The van der Waals surface area contributed by atoms with Crippen molar-refractivity contribution in [1.29, 1.82) is 0 Å². The maximum Gasteiger partial charge on any atom is 0.416 e. The first-order valence-corrected chi connectivity index (χ1v) is 8.81. The SMILES string of the molecule is CN=C(NCCc1ccc2c(c1)CCO2)NCc1cccc(C(F)(F)F)c1.I. The minimum atomic E-state index is -4.34. The maximum atomic E-state index is 12.8. The van der Waals surface area contributed by atoms with E-state index in [1.165, 1.54) is 17.2 Å². The molecule has 4 nitrogen and oxygen atoms in total. The molecule has 0 bridgehead atoms. The van der Waals surface area contributed by atoms with E-state index in [1.807, 2.05) is 12.1 Å². The lowest BCUT2D eigenvalue weighted by molar-refractivity contribution is -0.137. The van der Waals surface area contributed by atoms with Crippen LogP contribution >= 0.6 is 24.0 Å². The van der Waals surface area contributed by atoms with Gasteiger partial charge >= 0.3 is 6.18 Å². The number of alkyl halides is 3. The molecule has 0 saturated heterocycles. The highest BCUT2D eigenvalue weighted by Crippen LogP contribution is 2.29. The van der Waals surface area contributed by atoms with Crippen LogP contribution in [0.3, 0.4) is 0 Å². The van der Waals surface area contributed by atoms with Crippen LogP contribution in [0.5, 0.6) is 5.75 Å². The van der Waals surface area contributed by atoms with Gasteiger partial charge in [-0.1, -0.05) is 24.3 Å². The highest BCUT2D eigenvalue weighted by molar-refractivity contribution is 14.0. The molecule has 0 unspecified atom stereocenters. The number of hydrogen-bond acceptors (Lipinski definition) is 2. The second-order valence-electron chi connectivity index (χ2n) is 6.34. The molecule has 0 aromatic heterocycles. The Labute approximate surface area is 179 Å². The number of ether oxygens (including phenoxy) is 1. The van der Waals surface area contributed by atoms with Crippen molar-refractivity contribution in [1.82, 2.24) is 10.6 Å². The summed E-state index contributed by atoms with van der Waals surface area (Å²) in [6.45, 7) is 1.67. The number of nitrogens with zero attached hydrogens (tertiary/aromatic N) is 1. The third-order valence-corrected chi connectivity index (χ3v) is 4.40. The summed E-state index contributed by atoms with van der Waals surface area (Å²) in [5.74, 6) is 1.52. The lowest BCUT2D eigenvalue weighted by atomic mass is 10.1. The van der Waals surface area contributed by atoms with E-state index in [0.29, 0.717) is 18.1 Å². The van der Waals surface area contributed by atoms with Crippen molar-refractivity contribution in [2.45, 2.75) is 25.6 Å². The van der Waals surface area contributed by atoms with E-state index < -0.39 is 11.7 Å². The summed E-state index contributed by atoms with van der Waals surface area (Å²) in [6.07, 6.45) is -2.58. The van der Waals surface area contributed by atoms with Crippen molar-refractivity contribution in [2.24, 2.45) is 4.99 Å². The van der Waals surface area contributed by atoms with E-state index in [9.17, 15) is 13.2 Å². The van der Waals surface area contributed by atoms with Gasteiger partial charge in [0.05, 0.1) is 12.2 Å². The fourth-order valence-electron chi connectivity index (χ4n) is 2.98. The highest BCUT2D eigenvalue weighted by Gasteiger charge is 2.30. The quantitative estimate of drug-likeness (QED) is 0.365. The Morgan fingerprint density at radius 3 is 2.68 bits per heavy atom. The van der Waals surface area contributed by atoms with Crippen LogP contribution in [0, 0.1) is 0 Å². The Kier molecular flexibility index (Phi) is 7.97. The summed E-state index contributed by atoms with van der Waals surface area (Å²) < 4.78 is 43.8. The van der Waals surface area contributed by atoms with Gasteiger partial charge in [0.25, 0.3) is 0 Å². The molecule has 1 aliphatic rings. The molecule has 152 valence electrons. The van der Waals surface area contributed by atoms with Gasteiger partial charge in [-0.15, -0.1) is 24.0 Å². The van der Waals surface area contributed by atoms with Gasteiger partial charge in [0.2, 0.25) is 0 Å². The second-order valence-corrected chi connectivity index (χ2v) is 6.34. The minimum Gasteiger partial charge on any atom is -0.493 e. The number of fused-ring (bicyclic) bond motifs is 1. The lowest BCUT2D eigenvalue weighted by Crippen LogP contribution is -2.37. The molecule has 1 aliphatic heterocycles. The molecule has 0 radical (unpaired) electrons. The van der Waals surface area contributed by atoms with E-state index in [2.05, 4.69) is 21.7 Å². The molecule has 0 atom stereocenters. The molecule has 0 spiro atoms. The zero-order valence-corrected chi connectivity index (χ0v) is 17.8. The molecule has 2 aromatic rings. The van der Waals surface area contributed by atoms with Crippen LogP contribution in [0.4, 0.5) is 13.2 Å². The second kappa shape index (κ2) is 9.99. The van der Waals surface area contributed by atoms with Crippen LogP contribution in [0.25, 0.3) is 0 Å². The number of nitrogens with one attached hydrogen (secondary N) is 2. The molecule has 28 heavy (non-hydrogen) atoms. The van der Waals surface area contributed by atoms with Crippen molar-refractivity contribution >= 4 is 29.9 Å². The highest BCUT2D eigenvalue weighted by atomic mass is 127. The van der Waals surface area contributed by atoms with Gasteiger partial charge in [-0.25, -0.2) is 0 Å². The average Bonchev–Trinajstić information content (AvgIpc) is 3.12. The van der Waals surface area contributed by atoms with Gasteiger partial charge in [0.15, 0.2) is 5.96 Å². The summed E-state index contributed by atoms with van der Waals surface area (Å²) >= 11 is 0. The van der Waals surface area contributed by atoms with E-state index in [1.54, 1.807) is 13.1 Å². The predicted molar refractivity (Wildman–Crippen MR) is 114 cm³/mol. The number of aliphatic imine (C=N–C) groups is 1. The molecule has 2 aromatic carbocycles. The van der Waals surface area contributed by atoms with Crippen LogP contribution in [0.2, 0.25) is 0 Å². The summed E-state index contributed by atoms with van der Waals surface area (Å²) in [4.78, 5) is 4.12. The third-order valence-electron chi connectivity index (χ3n) is 4.40. The zero-order valence-electron chi connectivity index (χ0n) is 15.5. The molecule has 1 heterocycles. The lowest BCUT2D eigenvalue weighted by Gasteiger charge is -2.13. The largest absolute Gasteiger partial charge is 0.493 e. The Morgan fingerprint density at radius 2 is 1.93 bits per heavy atom. The zero-order chi connectivity index (χ0) is 19.3. The Balaban J connectivity index is 0.00000280. The number of hydrogen-bond donors (Lipinski definition) is 2. The van der Waals surface area contributed by atoms with Crippen LogP contribution < -0.4 is 15.4 Å². The molecule has 0 amide bonds. The Bertz CT molecular complexity index is 825. The first-order valence-electron chi connectivity index (χ1n) is 8.81. The van der Waals surface area contributed by atoms with Gasteiger partial charge in [-0.2, -0.15) is 13.2 Å². The van der Waals surface area contributed by atoms with Crippen LogP contribution in [0.1, 0.15) is 22.3 Å². The van der Waals surface area contributed by atoms with Crippen LogP contribution in [-0.2, 0) is 25.6 Å². The average molecular weight is 505 g/mol. The first kappa shape index (κ1) is 22.3. The predicted octanol–water partition coefficient (Wildman–Crippen LogP) is 4.17. The van der Waals surface area contributed by atoms with E-state index in [4.69, 9.17) is 4.74 Å². The van der Waals surface area contributed by atoms with Crippen LogP contribution in [0.15, 0.2) is 47.5 Å². The topological polar surface area (TPSA) is 45.7 Å². The first-order chi connectivity index (χ1) is 13.0. The smallest absolute Gasteiger partial charge is 0.416 e. The van der Waals surface area contributed by atoms with Crippen molar-refractivity contribution in [3.63, 3.8) is 0 Å². The molecule has 8 heteroatoms. The van der Waals surface area contributed by atoms with E-state index in [0.717, 1.165) is 37.3 Å². The molecular formula is C20H23F3IN3O. The molecular weight excluding hydrogens is 482 g/mol. The van der Waals surface area contributed by atoms with Gasteiger partial charge in [0, 0.05) is 26.6 Å². The van der Waals surface area contributed by atoms with Crippen molar-refractivity contribution in [3.05, 3.63) is 64.7 Å². The normalized spacial score (nSPS) is 13.4. The van der Waals surface area contributed by atoms with Gasteiger partial charge < -0.3 is 15.4 Å². The number of halogens is 4. The Hall–Kier alpha value is -1.97. The molecule has 2 N–H and O–H groups in total. The molecule has 0 saturated carbocycles. The molecule has 0 fully saturated rings. The Morgan fingerprint density at radius 1 is 1.11 bits per heavy atom. The van der Waals surface area contributed by atoms with Gasteiger partial charge in [0.1, 0.15) is 5.75 Å². The maximum absolute atomic E-state index is 12.8. The fraction of sp³-hybridized carbons (Fsp3) is 0.350. The monoisotopic (exact) mass is 505 g/mol. The molecule has 0 aliphatic carbocycles. The summed E-state index contributed by atoms with van der Waals surface area (Å²) in [5, 5.41) is 6.23. The number of guanidine groups is 1. The summed E-state index contributed by atoms with van der Waals surface area (Å²) in [7, 11) is 1.63. The number of benzene rings is 2. The van der Waals surface area contributed by atoms with Crippen molar-refractivity contribution in [2.75, 3.05) is 20.2 Å². The summed E-state index contributed by atoms with van der Waals surface area (Å²) in [6, 6.07) is 11.5. The standard InChI is InChI=1S/C20H22F3N3O.HI/c1-24-19(26-13-15-3-2-4-17(12-15)20(21,22)23)25-9-7-14-5-6-18-16(11-14)8-10-27-18;/h2-6,11-12H,7-10,13H2,1H3,(H2,24,25,26);1H. The third kappa shape index (κ3) is 6.02. The van der Waals surface area contributed by atoms with Crippen molar-refractivity contribution < 1.29 is 17.9 Å². The van der Waals surface area contributed by atoms with Gasteiger partial charge in [-0.3, -0.25) is 4.99 Å². The fourth-order valence-corrected chi connectivity index (χ4v) is 2.98. The number of rotatable bonds is 5. The van der Waals surface area contributed by atoms with Gasteiger partial charge in [-0.05, 0) is 41.3 Å². The molecule has 3 rings (SSSR count).